The summed E-state index contributed by atoms with van der Waals surface area (Å²) in [6.07, 6.45) is 1.65. The number of piperidine rings is 1. The maximum absolute atomic E-state index is 13.1. The summed E-state index contributed by atoms with van der Waals surface area (Å²) in [5, 5.41) is 2.80. The van der Waals surface area contributed by atoms with Gasteiger partial charge in [0.15, 0.2) is 0 Å². The fourth-order valence-electron chi connectivity index (χ4n) is 4.78. The Hall–Kier alpha value is -3.30. The molecule has 2 unspecified atom stereocenters. The highest BCUT2D eigenvalue weighted by Gasteiger charge is 2.67. The first kappa shape index (κ1) is 21.5. The molecule has 3 fully saturated rings. The normalized spacial score (nSPS) is 24.9. The Balaban J connectivity index is 1.27. The first-order chi connectivity index (χ1) is 15.7. The number of hydrogen-bond donors (Lipinski definition) is 1. The Kier molecular flexibility index (Phi) is 5.18. The zero-order chi connectivity index (χ0) is 23.2. The van der Waals surface area contributed by atoms with Gasteiger partial charge in [-0.2, -0.15) is 0 Å². The summed E-state index contributed by atoms with van der Waals surface area (Å²) in [6.45, 7) is 1.97. The summed E-state index contributed by atoms with van der Waals surface area (Å²) < 4.78 is 41.0. The number of benzene rings is 1. The molecule has 10 heteroatoms. The molecule has 3 amide bonds. The number of urea groups is 1. The number of imide groups is 1. The number of rotatable bonds is 5. The van der Waals surface area contributed by atoms with E-state index in [1.54, 1.807) is 6.20 Å². The van der Waals surface area contributed by atoms with Gasteiger partial charge in [0.2, 0.25) is 0 Å². The largest absolute Gasteiger partial charge is 0.573 e. The topological polar surface area (TPSA) is 74.8 Å². The minimum Gasteiger partial charge on any atom is -0.406 e. The van der Waals surface area contributed by atoms with Crippen LogP contribution in [0.2, 0.25) is 0 Å². The second-order valence-corrected chi connectivity index (χ2v) is 8.76. The molecule has 2 saturated heterocycles. The van der Waals surface area contributed by atoms with E-state index in [-0.39, 0.29) is 17.5 Å². The van der Waals surface area contributed by atoms with Crippen molar-refractivity contribution >= 4 is 23.4 Å². The highest BCUT2D eigenvalue weighted by Crippen LogP contribution is 2.50. The summed E-state index contributed by atoms with van der Waals surface area (Å²) in [7, 11) is 0. The van der Waals surface area contributed by atoms with E-state index in [0.717, 1.165) is 54.3 Å². The van der Waals surface area contributed by atoms with Crippen molar-refractivity contribution in [2.24, 2.45) is 5.92 Å². The van der Waals surface area contributed by atoms with Crippen LogP contribution in [-0.4, -0.2) is 41.9 Å². The molecule has 1 aliphatic carbocycles. The number of pyridine rings is 1. The van der Waals surface area contributed by atoms with Crippen LogP contribution in [-0.2, 0) is 11.2 Å². The smallest absolute Gasteiger partial charge is 0.406 e. The van der Waals surface area contributed by atoms with Gasteiger partial charge in [-0.3, -0.25) is 4.79 Å². The predicted octanol–water partition coefficient (Wildman–Crippen LogP) is 4.03. The van der Waals surface area contributed by atoms with E-state index in [1.807, 2.05) is 6.07 Å². The van der Waals surface area contributed by atoms with Crippen LogP contribution >= 0.6 is 0 Å². The van der Waals surface area contributed by atoms with Gasteiger partial charge in [-0.25, -0.2) is 14.7 Å². The van der Waals surface area contributed by atoms with Gasteiger partial charge < -0.3 is 15.0 Å². The third-order valence-corrected chi connectivity index (χ3v) is 6.52. The number of ether oxygens (including phenoxy) is 1. The highest BCUT2D eigenvalue weighted by molar-refractivity contribution is 6.24. The third-order valence-electron chi connectivity index (χ3n) is 6.52. The summed E-state index contributed by atoms with van der Waals surface area (Å²) in [4.78, 5) is 33.5. The lowest BCUT2D eigenvalue weighted by molar-refractivity contribution is -0.274. The van der Waals surface area contributed by atoms with Gasteiger partial charge in [-0.05, 0) is 80.0 Å². The van der Waals surface area contributed by atoms with Gasteiger partial charge in [0.1, 0.15) is 17.1 Å². The number of carbonyl (C=O) groups excluding carboxylic acids is 2. The Morgan fingerprint density at radius 1 is 1.09 bits per heavy atom. The van der Waals surface area contributed by atoms with Crippen LogP contribution in [0.4, 0.5) is 29.5 Å². The number of aromatic nitrogens is 1. The maximum atomic E-state index is 13.1. The Bertz CT molecular complexity index is 1070. The second kappa shape index (κ2) is 7.93. The number of nitrogens with zero attached hydrogens (tertiary/aromatic N) is 3. The van der Waals surface area contributed by atoms with Crippen molar-refractivity contribution in [2.75, 3.05) is 22.9 Å². The molecule has 2 atom stereocenters. The molecule has 0 radical (unpaired) electrons. The minimum absolute atomic E-state index is 0.0524. The fourth-order valence-corrected chi connectivity index (χ4v) is 4.78. The zero-order valence-electron chi connectivity index (χ0n) is 17.8. The molecule has 33 heavy (non-hydrogen) atoms. The van der Waals surface area contributed by atoms with Crippen molar-refractivity contribution in [3.05, 3.63) is 48.2 Å². The Morgan fingerprint density at radius 3 is 2.52 bits per heavy atom. The van der Waals surface area contributed by atoms with Crippen LogP contribution < -0.4 is 19.9 Å². The molecule has 1 N–H and O–H groups in total. The van der Waals surface area contributed by atoms with Crippen LogP contribution in [0.3, 0.4) is 0 Å². The van der Waals surface area contributed by atoms with Crippen LogP contribution in [0.15, 0.2) is 42.6 Å². The van der Waals surface area contributed by atoms with Crippen molar-refractivity contribution in [1.82, 2.24) is 10.3 Å². The molecule has 1 spiro atoms. The van der Waals surface area contributed by atoms with E-state index in [0.29, 0.717) is 12.8 Å². The number of alkyl halides is 3. The van der Waals surface area contributed by atoms with E-state index < -0.39 is 23.7 Å². The molecular formula is C23H23F3N4O3. The van der Waals surface area contributed by atoms with Crippen molar-refractivity contribution in [2.45, 2.75) is 44.0 Å². The molecule has 1 aromatic carbocycles. The monoisotopic (exact) mass is 460 g/mol. The van der Waals surface area contributed by atoms with Gasteiger partial charge in [0.25, 0.3) is 5.91 Å². The first-order valence-corrected chi connectivity index (χ1v) is 11.0. The molecular weight excluding hydrogens is 437 g/mol. The predicted molar refractivity (Wildman–Crippen MR) is 114 cm³/mol. The molecule has 1 saturated carbocycles. The summed E-state index contributed by atoms with van der Waals surface area (Å²) in [6, 6.07) is 8.10. The summed E-state index contributed by atoms with van der Waals surface area (Å²) in [5.74, 6) is 0.0849. The van der Waals surface area contributed by atoms with E-state index in [4.69, 9.17) is 0 Å². The standard InChI is InChI=1S/C23H23F3N4O3/c24-23(25,26)33-18-6-4-17(5-7-18)30-20(31)22(28-21(30)32)14-16(22)12-15-8-9-27-19(13-15)29-10-2-1-3-11-29/h4-9,13,16H,1-3,10-12,14H2,(H,28,32). The Labute approximate surface area is 188 Å². The highest BCUT2D eigenvalue weighted by atomic mass is 19.4. The van der Waals surface area contributed by atoms with Crippen LogP contribution in [0, 0.1) is 5.92 Å². The molecule has 2 aliphatic heterocycles. The van der Waals surface area contributed by atoms with Gasteiger partial charge in [-0.15, -0.1) is 13.2 Å². The lowest BCUT2D eigenvalue weighted by Crippen LogP contribution is -2.35. The van der Waals surface area contributed by atoms with Gasteiger partial charge in [0.05, 0.1) is 5.69 Å². The number of hydrogen-bond acceptors (Lipinski definition) is 5. The number of nitrogens with one attached hydrogen (secondary N) is 1. The third kappa shape index (κ3) is 4.21. The van der Waals surface area contributed by atoms with E-state index in [1.165, 1.54) is 18.6 Å². The Morgan fingerprint density at radius 2 is 1.82 bits per heavy atom. The number of anilines is 2. The SMILES string of the molecule is O=C1NC2(CC2Cc2ccnc(N3CCCCC3)c2)C(=O)N1c1ccc(OC(F)(F)F)cc1. The number of amides is 3. The summed E-state index contributed by atoms with van der Waals surface area (Å²) >= 11 is 0. The van der Waals surface area contributed by atoms with Crippen LogP contribution in [0.1, 0.15) is 31.2 Å². The molecule has 174 valence electrons. The van der Waals surface area contributed by atoms with Crippen molar-refractivity contribution in [3.63, 3.8) is 0 Å². The quantitative estimate of drug-likeness (QED) is 0.682. The van der Waals surface area contributed by atoms with Crippen LogP contribution in [0.25, 0.3) is 0 Å². The average Bonchev–Trinajstić information content (AvgIpc) is 3.40. The van der Waals surface area contributed by atoms with Gasteiger partial charge >= 0.3 is 12.4 Å². The average molecular weight is 460 g/mol. The second-order valence-electron chi connectivity index (χ2n) is 8.76. The van der Waals surface area contributed by atoms with Gasteiger partial charge in [0, 0.05) is 19.3 Å². The van der Waals surface area contributed by atoms with E-state index in [2.05, 4.69) is 26.0 Å². The molecule has 2 aromatic rings. The molecule has 1 aromatic heterocycles. The fraction of sp³-hybridized carbons (Fsp3) is 0.435. The summed E-state index contributed by atoms with van der Waals surface area (Å²) in [5.41, 5.74) is 0.291. The van der Waals surface area contributed by atoms with E-state index in [9.17, 15) is 22.8 Å². The maximum Gasteiger partial charge on any atom is 0.573 e. The molecule has 3 aliphatic rings. The van der Waals surface area contributed by atoms with Crippen molar-refractivity contribution in [3.8, 4) is 5.75 Å². The van der Waals surface area contributed by atoms with Crippen molar-refractivity contribution in [1.29, 1.82) is 0 Å². The lowest BCUT2D eigenvalue weighted by Gasteiger charge is -2.28. The number of carbonyl (C=O) groups is 2. The number of halogens is 3. The molecule has 7 nitrogen and oxygen atoms in total. The minimum atomic E-state index is -4.81. The van der Waals surface area contributed by atoms with Gasteiger partial charge in [-0.1, -0.05) is 0 Å². The zero-order valence-corrected chi connectivity index (χ0v) is 17.8. The molecule has 0 bridgehead atoms. The van der Waals surface area contributed by atoms with E-state index >= 15 is 0 Å². The molecule has 5 rings (SSSR count). The molecule has 3 heterocycles. The lowest BCUT2D eigenvalue weighted by atomic mass is 10.1. The first-order valence-electron chi connectivity index (χ1n) is 11.0. The van der Waals surface area contributed by atoms with Crippen LogP contribution in [0.5, 0.6) is 5.75 Å². The van der Waals surface area contributed by atoms with Crippen molar-refractivity contribution < 1.29 is 27.5 Å².